The number of carbonyl (C=O) groups excluding carboxylic acids is 1. The third kappa shape index (κ3) is 5.17. The minimum absolute atomic E-state index is 0.330. The van der Waals surface area contributed by atoms with Crippen LogP contribution in [0.15, 0.2) is 77.7 Å². The first-order valence-electron chi connectivity index (χ1n) is 9.21. The molecule has 0 aliphatic rings. The molecule has 0 aromatic heterocycles. The number of hydrogen-bond donors (Lipinski definition) is 0. The standard InChI is InChI=1S/C24H24O3S/c1-26-24(25)21-15-12-19(13-16-21)17-27-23-20(9-6-10-22(23)28-2)14-11-18-7-4-3-5-8-18/h3-10,12-13,15-16H,11,14,17H2,1-2H3. The van der Waals surface area contributed by atoms with E-state index >= 15 is 0 Å². The Balaban J connectivity index is 1.72. The maximum atomic E-state index is 11.6. The van der Waals surface area contributed by atoms with Crippen LogP contribution >= 0.6 is 11.8 Å². The molecule has 0 spiro atoms. The van der Waals surface area contributed by atoms with E-state index in [-0.39, 0.29) is 5.97 Å². The van der Waals surface area contributed by atoms with E-state index in [1.807, 2.05) is 18.2 Å². The predicted molar refractivity (Wildman–Crippen MR) is 114 cm³/mol. The number of rotatable bonds is 8. The molecule has 0 unspecified atom stereocenters. The van der Waals surface area contributed by atoms with Gasteiger partial charge in [-0.3, -0.25) is 0 Å². The largest absolute Gasteiger partial charge is 0.487 e. The fourth-order valence-corrected chi connectivity index (χ4v) is 3.61. The zero-order valence-electron chi connectivity index (χ0n) is 16.2. The molecule has 3 nitrogen and oxygen atoms in total. The first kappa shape index (κ1) is 20.0. The SMILES string of the molecule is COC(=O)c1ccc(COc2c(CCc3ccccc3)cccc2SC)cc1. The van der Waals surface area contributed by atoms with Crippen LogP contribution in [0.1, 0.15) is 27.0 Å². The first-order chi connectivity index (χ1) is 13.7. The molecule has 3 aromatic rings. The molecule has 0 aliphatic heterocycles. The van der Waals surface area contributed by atoms with Crippen molar-refractivity contribution in [1.82, 2.24) is 0 Å². The van der Waals surface area contributed by atoms with E-state index in [0.29, 0.717) is 12.2 Å². The molecule has 0 radical (unpaired) electrons. The molecule has 0 saturated heterocycles. The second-order valence-corrected chi connectivity index (χ2v) is 7.26. The van der Waals surface area contributed by atoms with Gasteiger partial charge in [0.05, 0.1) is 12.7 Å². The van der Waals surface area contributed by atoms with Gasteiger partial charge < -0.3 is 9.47 Å². The van der Waals surface area contributed by atoms with Crippen LogP contribution in [-0.2, 0) is 24.2 Å². The van der Waals surface area contributed by atoms with Gasteiger partial charge in [0.25, 0.3) is 0 Å². The fraction of sp³-hybridized carbons (Fsp3) is 0.208. The molecule has 0 atom stereocenters. The average molecular weight is 393 g/mol. The topological polar surface area (TPSA) is 35.5 Å². The van der Waals surface area contributed by atoms with Gasteiger partial charge in [0.15, 0.2) is 0 Å². The average Bonchev–Trinajstić information content (AvgIpc) is 2.76. The van der Waals surface area contributed by atoms with Gasteiger partial charge in [-0.2, -0.15) is 0 Å². The normalized spacial score (nSPS) is 10.5. The summed E-state index contributed by atoms with van der Waals surface area (Å²) in [5.41, 5.74) is 4.08. The van der Waals surface area contributed by atoms with Gasteiger partial charge in [0, 0.05) is 4.90 Å². The smallest absolute Gasteiger partial charge is 0.337 e. The van der Waals surface area contributed by atoms with E-state index in [9.17, 15) is 4.79 Å². The van der Waals surface area contributed by atoms with Gasteiger partial charge in [-0.15, -0.1) is 11.8 Å². The summed E-state index contributed by atoms with van der Waals surface area (Å²) in [7, 11) is 1.38. The molecule has 0 saturated carbocycles. The van der Waals surface area contributed by atoms with Gasteiger partial charge in [-0.1, -0.05) is 54.6 Å². The minimum atomic E-state index is -0.330. The zero-order chi connectivity index (χ0) is 19.8. The molecule has 0 N–H and O–H groups in total. The lowest BCUT2D eigenvalue weighted by Gasteiger charge is -2.15. The highest BCUT2D eigenvalue weighted by atomic mass is 32.2. The number of ether oxygens (including phenoxy) is 2. The Morgan fingerprint density at radius 2 is 1.61 bits per heavy atom. The van der Waals surface area contributed by atoms with E-state index in [4.69, 9.17) is 9.47 Å². The molecule has 0 fully saturated rings. The van der Waals surface area contributed by atoms with Crippen molar-refractivity contribution in [3.63, 3.8) is 0 Å². The Hall–Kier alpha value is -2.72. The molecule has 0 amide bonds. The quantitative estimate of drug-likeness (QED) is 0.371. The fourth-order valence-electron chi connectivity index (χ4n) is 3.02. The van der Waals surface area contributed by atoms with Crippen LogP contribution in [-0.4, -0.2) is 19.3 Å². The highest BCUT2D eigenvalue weighted by Gasteiger charge is 2.11. The predicted octanol–water partition coefficient (Wildman–Crippen LogP) is 5.56. The van der Waals surface area contributed by atoms with E-state index in [2.05, 4.69) is 48.7 Å². The summed E-state index contributed by atoms with van der Waals surface area (Å²) in [5, 5.41) is 0. The van der Waals surface area contributed by atoms with Crippen molar-refractivity contribution in [2.45, 2.75) is 24.3 Å². The lowest BCUT2D eigenvalue weighted by Crippen LogP contribution is -2.03. The number of benzene rings is 3. The van der Waals surface area contributed by atoms with Gasteiger partial charge in [-0.25, -0.2) is 4.79 Å². The molecule has 144 valence electrons. The molecule has 28 heavy (non-hydrogen) atoms. The molecule has 3 aromatic carbocycles. The molecular formula is C24H24O3S. The number of methoxy groups -OCH3 is 1. The van der Waals surface area contributed by atoms with Crippen molar-refractivity contribution in [2.75, 3.05) is 13.4 Å². The van der Waals surface area contributed by atoms with Crippen LogP contribution in [0.3, 0.4) is 0 Å². The van der Waals surface area contributed by atoms with Crippen molar-refractivity contribution < 1.29 is 14.3 Å². The summed E-state index contributed by atoms with van der Waals surface area (Å²) in [5.74, 6) is 0.617. The first-order valence-corrected chi connectivity index (χ1v) is 10.4. The number of thioether (sulfide) groups is 1. The number of carbonyl (C=O) groups is 1. The van der Waals surface area contributed by atoms with Crippen molar-refractivity contribution in [3.8, 4) is 5.75 Å². The summed E-state index contributed by atoms with van der Waals surface area (Å²) >= 11 is 1.69. The highest BCUT2D eigenvalue weighted by molar-refractivity contribution is 7.98. The summed E-state index contributed by atoms with van der Waals surface area (Å²) in [4.78, 5) is 12.7. The molecule has 4 heteroatoms. The Morgan fingerprint density at radius 3 is 2.29 bits per heavy atom. The Kier molecular flexibility index (Phi) is 7.15. The molecule has 3 rings (SSSR count). The van der Waals surface area contributed by atoms with Crippen molar-refractivity contribution in [1.29, 1.82) is 0 Å². The number of esters is 1. The number of hydrogen-bond acceptors (Lipinski definition) is 4. The Labute approximate surface area is 170 Å². The van der Waals surface area contributed by atoms with Crippen LogP contribution in [0.5, 0.6) is 5.75 Å². The summed E-state index contributed by atoms with van der Waals surface area (Å²) in [6.07, 6.45) is 3.96. The van der Waals surface area contributed by atoms with Crippen molar-refractivity contribution in [2.24, 2.45) is 0 Å². The molecule has 0 heterocycles. The lowest BCUT2D eigenvalue weighted by molar-refractivity contribution is 0.0600. The van der Waals surface area contributed by atoms with Crippen LogP contribution in [0.2, 0.25) is 0 Å². The van der Waals surface area contributed by atoms with Gasteiger partial charge in [-0.05, 0) is 54.0 Å². The highest BCUT2D eigenvalue weighted by Crippen LogP contribution is 2.33. The summed E-state index contributed by atoms with van der Waals surface area (Å²) in [6.45, 7) is 0.456. The molecule has 0 aliphatic carbocycles. The number of para-hydroxylation sites is 1. The summed E-state index contributed by atoms with van der Waals surface area (Å²) < 4.78 is 11.0. The third-order valence-electron chi connectivity index (χ3n) is 4.56. The molecular weight excluding hydrogens is 368 g/mol. The van der Waals surface area contributed by atoms with E-state index < -0.39 is 0 Å². The molecule has 0 bridgehead atoms. The van der Waals surface area contributed by atoms with E-state index in [1.165, 1.54) is 18.2 Å². The van der Waals surface area contributed by atoms with Crippen LogP contribution in [0, 0.1) is 0 Å². The Morgan fingerprint density at radius 1 is 0.857 bits per heavy atom. The monoisotopic (exact) mass is 392 g/mol. The van der Waals surface area contributed by atoms with Crippen molar-refractivity contribution >= 4 is 17.7 Å². The second kappa shape index (κ2) is 10.00. The van der Waals surface area contributed by atoms with E-state index in [1.54, 1.807) is 23.9 Å². The zero-order valence-corrected chi connectivity index (χ0v) is 17.0. The van der Waals surface area contributed by atoms with Crippen LogP contribution in [0.25, 0.3) is 0 Å². The third-order valence-corrected chi connectivity index (χ3v) is 5.33. The van der Waals surface area contributed by atoms with Crippen molar-refractivity contribution in [3.05, 3.63) is 95.1 Å². The van der Waals surface area contributed by atoms with E-state index in [0.717, 1.165) is 29.1 Å². The van der Waals surface area contributed by atoms with Gasteiger partial charge >= 0.3 is 5.97 Å². The Bertz CT molecular complexity index is 905. The maximum Gasteiger partial charge on any atom is 0.337 e. The summed E-state index contributed by atoms with van der Waals surface area (Å²) in [6, 6.07) is 24.1. The minimum Gasteiger partial charge on any atom is -0.487 e. The van der Waals surface area contributed by atoms with Gasteiger partial charge in [0.1, 0.15) is 12.4 Å². The maximum absolute atomic E-state index is 11.6. The lowest BCUT2D eigenvalue weighted by atomic mass is 10.0. The van der Waals surface area contributed by atoms with Gasteiger partial charge in [0.2, 0.25) is 0 Å². The number of aryl methyl sites for hydroxylation is 2. The van der Waals surface area contributed by atoms with Crippen LogP contribution < -0.4 is 4.74 Å². The second-order valence-electron chi connectivity index (χ2n) is 6.41. The van der Waals surface area contributed by atoms with Crippen LogP contribution in [0.4, 0.5) is 0 Å².